The topological polar surface area (TPSA) is 0 Å². The minimum absolute atomic E-state index is 0.419. The fourth-order valence-electron chi connectivity index (χ4n) is 3.12. The molecule has 1 unspecified atom stereocenters. The molecular weight excluding hydrogens is 252 g/mol. The molecule has 1 aliphatic carbocycles. The van der Waals surface area contributed by atoms with Gasteiger partial charge in [0.1, 0.15) is 0 Å². The van der Waals surface area contributed by atoms with Crippen LogP contribution in [0, 0.1) is 6.92 Å². The molecule has 0 fully saturated rings. The first-order valence-corrected chi connectivity index (χ1v) is 7.69. The lowest BCUT2D eigenvalue weighted by Crippen LogP contribution is -2.01. The van der Waals surface area contributed by atoms with Crippen LogP contribution in [0.15, 0.2) is 66.3 Å². The molecule has 0 radical (unpaired) electrons. The molecule has 2 aromatic rings. The molecule has 21 heavy (non-hydrogen) atoms. The van der Waals surface area contributed by atoms with Crippen LogP contribution in [0.1, 0.15) is 48.4 Å². The lowest BCUT2D eigenvalue weighted by molar-refractivity contribution is 0.915. The molecule has 0 heterocycles. The molecule has 0 saturated heterocycles. The van der Waals surface area contributed by atoms with Gasteiger partial charge in [-0.3, -0.25) is 0 Å². The van der Waals surface area contributed by atoms with Crippen LogP contribution in [0.4, 0.5) is 0 Å². The third-order valence-corrected chi connectivity index (χ3v) is 4.50. The average Bonchev–Trinajstić information content (AvgIpc) is 2.93. The fraction of sp³-hybridized carbons (Fsp3) is 0.238. The summed E-state index contributed by atoms with van der Waals surface area (Å²) in [6.45, 7) is 6.66. The van der Waals surface area contributed by atoms with E-state index in [1.807, 2.05) is 0 Å². The van der Waals surface area contributed by atoms with Crippen molar-refractivity contribution in [2.75, 3.05) is 0 Å². The summed E-state index contributed by atoms with van der Waals surface area (Å²) >= 11 is 0. The molecule has 0 nitrogen and oxygen atoms in total. The SMILES string of the molecule is CC1=C(c2ccccc2C(C)c2ccc(C)cc2)CC=C1. The largest absolute Gasteiger partial charge is 0.0798 e. The van der Waals surface area contributed by atoms with E-state index in [0.717, 1.165) is 6.42 Å². The smallest absolute Gasteiger partial charge is 0.00670 e. The van der Waals surface area contributed by atoms with E-state index in [1.54, 1.807) is 0 Å². The van der Waals surface area contributed by atoms with Gasteiger partial charge < -0.3 is 0 Å². The third-order valence-electron chi connectivity index (χ3n) is 4.50. The highest BCUT2D eigenvalue weighted by atomic mass is 14.2. The molecular formula is C21H22. The highest BCUT2D eigenvalue weighted by molar-refractivity contribution is 5.76. The van der Waals surface area contributed by atoms with Crippen LogP contribution in [0.25, 0.3) is 5.57 Å². The Morgan fingerprint density at radius 1 is 0.905 bits per heavy atom. The van der Waals surface area contributed by atoms with Crippen molar-refractivity contribution < 1.29 is 0 Å². The maximum atomic E-state index is 2.31. The summed E-state index contributed by atoms with van der Waals surface area (Å²) < 4.78 is 0. The maximum Gasteiger partial charge on any atom is 0.00670 e. The highest BCUT2D eigenvalue weighted by Gasteiger charge is 2.16. The van der Waals surface area contributed by atoms with Gasteiger partial charge in [0.2, 0.25) is 0 Å². The van der Waals surface area contributed by atoms with Crippen molar-refractivity contribution in [3.05, 3.63) is 88.5 Å². The molecule has 0 N–H and O–H groups in total. The Labute approximate surface area is 127 Å². The van der Waals surface area contributed by atoms with E-state index >= 15 is 0 Å². The second kappa shape index (κ2) is 5.73. The quantitative estimate of drug-likeness (QED) is 0.655. The second-order valence-corrected chi connectivity index (χ2v) is 5.99. The maximum absolute atomic E-state index is 2.31. The molecule has 3 rings (SSSR count). The first-order valence-electron chi connectivity index (χ1n) is 7.69. The van der Waals surface area contributed by atoms with Crippen molar-refractivity contribution in [2.24, 2.45) is 0 Å². The summed E-state index contributed by atoms with van der Waals surface area (Å²) in [4.78, 5) is 0. The minimum Gasteiger partial charge on any atom is -0.0798 e. The normalized spacial score (nSPS) is 15.6. The number of aryl methyl sites for hydroxylation is 1. The molecule has 0 amide bonds. The van der Waals surface area contributed by atoms with Crippen LogP contribution in [-0.2, 0) is 0 Å². The monoisotopic (exact) mass is 274 g/mol. The molecule has 2 aromatic carbocycles. The van der Waals surface area contributed by atoms with Crippen LogP contribution in [0.3, 0.4) is 0 Å². The molecule has 106 valence electrons. The predicted molar refractivity (Wildman–Crippen MR) is 91.5 cm³/mol. The van der Waals surface area contributed by atoms with Crippen molar-refractivity contribution in [2.45, 2.75) is 33.1 Å². The first kappa shape index (κ1) is 13.9. The molecule has 0 bridgehead atoms. The Morgan fingerprint density at radius 3 is 2.29 bits per heavy atom. The second-order valence-electron chi connectivity index (χ2n) is 5.99. The Morgan fingerprint density at radius 2 is 1.62 bits per heavy atom. The molecule has 0 saturated carbocycles. The van der Waals surface area contributed by atoms with Gasteiger partial charge in [0, 0.05) is 5.92 Å². The summed E-state index contributed by atoms with van der Waals surface area (Å²) in [5, 5.41) is 0. The van der Waals surface area contributed by atoms with Crippen LogP contribution in [0.2, 0.25) is 0 Å². The van der Waals surface area contributed by atoms with E-state index in [-0.39, 0.29) is 0 Å². The highest BCUT2D eigenvalue weighted by Crippen LogP contribution is 2.35. The molecule has 0 aliphatic heterocycles. The summed E-state index contributed by atoms with van der Waals surface area (Å²) in [7, 11) is 0. The van der Waals surface area contributed by atoms with Crippen molar-refractivity contribution in [3.8, 4) is 0 Å². The van der Waals surface area contributed by atoms with E-state index in [4.69, 9.17) is 0 Å². The van der Waals surface area contributed by atoms with Gasteiger partial charge in [-0.15, -0.1) is 0 Å². The minimum atomic E-state index is 0.419. The zero-order chi connectivity index (χ0) is 14.8. The van der Waals surface area contributed by atoms with E-state index in [0.29, 0.717) is 5.92 Å². The number of hydrogen-bond donors (Lipinski definition) is 0. The van der Waals surface area contributed by atoms with Gasteiger partial charge in [-0.05, 0) is 48.1 Å². The summed E-state index contributed by atoms with van der Waals surface area (Å²) in [5.41, 5.74) is 8.42. The van der Waals surface area contributed by atoms with Crippen LogP contribution in [-0.4, -0.2) is 0 Å². The van der Waals surface area contributed by atoms with E-state index in [1.165, 1.54) is 33.4 Å². The van der Waals surface area contributed by atoms with Gasteiger partial charge in [-0.2, -0.15) is 0 Å². The number of allylic oxidation sites excluding steroid dienone is 4. The Kier molecular flexibility index (Phi) is 3.79. The molecule has 0 heteroatoms. The molecule has 0 spiro atoms. The first-order chi connectivity index (χ1) is 10.2. The van der Waals surface area contributed by atoms with Crippen molar-refractivity contribution in [1.29, 1.82) is 0 Å². The van der Waals surface area contributed by atoms with Gasteiger partial charge >= 0.3 is 0 Å². The summed E-state index contributed by atoms with van der Waals surface area (Å²) in [6.07, 6.45) is 5.56. The van der Waals surface area contributed by atoms with Gasteiger partial charge in [-0.1, -0.05) is 73.2 Å². The summed E-state index contributed by atoms with van der Waals surface area (Å²) in [5.74, 6) is 0.419. The van der Waals surface area contributed by atoms with E-state index in [2.05, 4.69) is 81.5 Å². The van der Waals surface area contributed by atoms with Gasteiger partial charge in [0.05, 0.1) is 0 Å². The lowest BCUT2D eigenvalue weighted by Gasteiger charge is -2.18. The lowest BCUT2D eigenvalue weighted by atomic mass is 9.86. The van der Waals surface area contributed by atoms with Gasteiger partial charge in [0.25, 0.3) is 0 Å². The van der Waals surface area contributed by atoms with Crippen molar-refractivity contribution in [3.63, 3.8) is 0 Å². The van der Waals surface area contributed by atoms with Gasteiger partial charge in [-0.25, -0.2) is 0 Å². The zero-order valence-corrected chi connectivity index (χ0v) is 13.1. The third kappa shape index (κ3) is 2.71. The number of benzene rings is 2. The summed E-state index contributed by atoms with van der Waals surface area (Å²) in [6, 6.07) is 17.8. The standard InChI is InChI=1S/C21H22/c1-15-11-13-18(14-12-15)17(3)20-8-4-5-9-21(20)19-10-6-7-16(19)2/h4-9,11-14,17H,10H2,1-3H3. The van der Waals surface area contributed by atoms with Crippen LogP contribution in [0.5, 0.6) is 0 Å². The molecule has 0 aromatic heterocycles. The average molecular weight is 274 g/mol. The van der Waals surface area contributed by atoms with Crippen LogP contribution < -0.4 is 0 Å². The Bertz CT molecular complexity index is 699. The Balaban J connectivity index is 2.03. The van der Waals surface area contributed by atoms with E-state index < -0.39 is 0 Å². The van der Waals surface area contributed by atoms with Crippen molar-refractivity contribution >= 4 is 5.57 Å². The van der Waals surface area contributed by atoms with E-state index in [9.17, 15) is 0 Å². The number of hydrogen-bond acceptors (Lipinski definition) is 0. The van der Waals surface area contributed by atoms with Crippen molar-refractivity contribution in [1.82, 2.24) is 0 Å². The molecule has 1 atom stereocenters. The molecule has 1 aliphatic rings. The fourth-order valence-corrected chi connectivity index (χ4v) is 3.12. The number of rotatable bonds is 3. The predicted octanol–water partition coefficient (Wildman–Crippen LogP) is 5.88. The van der Waals surface area contributed by atoms with Crippen LogP contribution >= 0.6 is 0 Å². The zero-order valence-electron chi connectivity index (χ0n) is 13.1. The van der Waals surface area contributed by atoms with Gasteiger partial charge in [0.15, 0.2) is 0 Å². The Hall–Kier alpha value is -2.08.